The van der Waals surface area contributed by atoms with Gasteiger partial charge in [0, 0.05) is 11.8 Å². The Morgan fingerprint density at radius 3 is 2.52 bits per heavy atom. The standard InChI is InChI=1S/C14H18N2O5/c1-4-5-10(13(17)18)16-14(19)15-9-6-7-11(20-2)12(8-9)21-3/h4,6-8,10H,1,5H2,2-3H3,(H,17,18)(H2,15,16,19). The Labute approximate surface area is 122 Å². The molecule has 3 N–H and O–H groups in total. The van der Waals surface area contributed by atoms with Gasteiger partial charge in [0.15, 0.2) is 11.5 Å². The molecule has 114 valence electrons. The molecule has 2 amide bonds. The third-order valence-electron chi connectivity index (χ3n) is 2.65. The number of hydrogen-bond donors (Lipinski definition) is 3. The summed E-state index contributed by atoms with van der Waals surface area (Å²) in [6.45, 7) is 3.45. The number of carboxylic acid groups (broad SMARTS) is 1. The summed E-state index contributed by atoms with van der Waals surface area (Å²) in [5.41, 5.74) is 0.452. The highest BCUT2D eigenvalue weighted by Gasteiger charge is 2.18. The number of rotatable bonds is 7. The van der Waals surface area contributed by atoms with E-state index in [1.54, 1.807) is 18.2 Å². The van der Waals surface area contributed by atoms with Gasteiger partial charge < -0.3 is 25.2 Å². The van der Waals surface area contributed by atoms with Crippen LogP contribution in [0.5, 0.6) is 11.5 Å². The summed E-state index contributed by atoms with van der Waals surface area (Å²) in [6.07, 6.45) is 1.56. The van der Waals surface area contributed by atoms with Gasteiger partial charge in [-0.15, -0.1) is 6.58 Å². The Balaban J connectivity index is 2.74. The van der Waals surface area contributed by atoms with Crippen LogP contribution >= 0.6 is 0 Å². The molecule has 1 aromatic carbocycles. The molecular formula is C14H18N2O5. The number of carbonyl (C=O) groups excluding carboxylic acids is 1. The highest BCUT2D eigenvalue weighted by molar-refractivity contribution is 5.92. The van der Waals surface area contributed by atoms with Gasteiger partial charge in [-0.3, -0.25) is 0 Å². The summed E-state index contributed by atoms with van der Waals surface area (Å²) in [5, 5.41) is 13.8. The van der Waals surface area contributed by atoms with Crippen molar-refractivity contribution in [3.8, 4) is 11.5 Å². The van der Waals surface area contributed by atoms with E-state index in [2.05, 4.69) is 17.2 Å². The molecule has 0 aromatic heterocycles. The van der Waals surface area contributed by atoms with E-state index in [9.17, 15) is 9.59 Å². The van der Waals surface area contributed by atoms with E-state index in [-0.39, 0.29) is 6.42 Å². The van der Waals surface area contributed by atoms with Crippen molar-refractivity contribution in [1.29, 1.82) is 0 Å². The molecule has 0 saturated carbocycles. The molecular weight excluding hydrogens is 276 g/mol. The van der Waals surface area contributed by atoms with E-state index in [1.165, 1.54) is 20.3 Å². The largest absolute Gasteiger partial charge is 0.493 e. The lowest BCUT2D eigenvalue weighted by atomic mass is 10.2. The lowest BCUT2D eigenvalue weighted by molar-refractivity contribution is -0.139. The molecule has 0 radical (unpaired) electrons. The molecule has 0 aliphatic heterocycles. The summed E-state index contributed by atoms with van der Waals surface area (Å²) < 4.78 is 10.2. The average molecular weight is 294 g/mol. The minimum absolute atomic E-state index is 0.134. The highest BCUT2D eigenvalue weighted by Crippen LogP contribution is 2.29. The highest BCUT2D eigenvalue weighted by atomic mass is 16.5. The quantitative estimate of drug-likeness (QED) is 0.667. The number of ether oxygens (including phenoxy) is 2. The second-order valence-electron chi connectivity index (χ2n) is 4.08. The molecule has 7 nitrogen and oxygen atoms in total. The Morgan fingerprint density at radius 1 is 1.33 bits per heavy atom. The Hall–Kier alpha value is -2.70. The molecule has 0 saturated heterocycles. The maximum absolute atomic E-state index is 11.8. The van der Waals surface area contributed by atoms with Crippen LogP contribution in [-0.2, 0) is 4.79 Å². The fourth-order valence-corrected chi connectivity index (χ4v) is 1.63. The molecule has 7 heteroatoms. The van der Waals surface area contributed by atoms with Crippen molar-refractivity contribution < 1.29 is 24.2 Å². The maximum atomic E-state index is 11.8. The number of hydrogen-bond acceptors (Lipinski definition) is 4. The summed E-state index contributed by atoms with van der Waals surface area (Å²) >= 11 is 0. The third-order valence-corrected chi connectivity index (χ3v) is 2.65. The second kappa shape index (κ2) is 7.78. The fourth-order valence-electron chi connectivity index (χ4n) is 1.63. The minimum atomic E-state index is -1.13. The number of methoxy groups -OCH3 is 2. The van der Waals surface area contributed by atoms with Crippen molar-refractivity contribution in [2.24, 2.45) is 0 Å². The van der Waals surface area contributed by atoms with Crippen molar-refractivity contribution in [1.82, 2.24) is 5.32 Å². The van der Waals surface area contributed by atoms with Gasteiger partial charge in [0.2, 0.25) is 0 Å². The number of benzene rings is 1. The first kappa shape index (κ1) is 16.4. The number of anilines is 1. The van der Waals surface area contributed by atoms with Crippen LogP contribution in [0.25, 0.3) is 0 Å². The first-order valence-electron chi connectivity index (χ1n) is 6.15. The molecule has 21 heavy (non-hydrogen) atoms. The van der Waals surface area contributed by atoms with Crippen molar-refractivity contribution in [2.45, 2.75) is 12.5 Å². The summed E-state index contributed by atoms with van der Waals surface area (Å²) in [7, 11) is 2.98. The van der Waals surface area contributed by atoms with Gasteiger partial charge >= 0.3 is 12.0 Å². The van der Waals surface area contributed by atoms with Crippen molar-refractivity contribution in [3.05, 3.63) is 30.9 Å². The van der Waals surface area contributed by atoms with Gasteiger partial charge in [-0.25, -0.2) is 9.59 Å². The van der Waals surface area contributed by atoms with Crippen molar-refractivity contribution >= 4 is 17.7 Å². The van der Waals surface area contributed by atoms with Crippen LogP contribution in [0.4, 0.5) is 10.5 Å². The first-order chi connectivity index (χ1) is 10.0. The van der Waals surface area contributed by atoms with Gasteiger partial charge in [0.05, 0.1) is 14.2 Å². The molecule has 1 rings (SSSR count). The monoisotopic (exact) mass is 294 g/mol. The van der Waals surface area contributed by atoms with Crippen LogP contribution < -0.4 is 20.1 Å². The first-order valence-corrected chi connectivity index (χ1v) is 6.15. The van der Waals surface area contributed by atoms with Crippen LogP contribution in [-0.4, -0.2) is 37.4 Å². The number of carbonyl (C=O) groups is 2. The normalized spacial score (nSPS) is 11.1. The van der Waals surface area contributed by atoms with E-state index >= 15 is 0 Å². The van der Waals surface area contributed by atoms with Gasteiger partial charge in [0.25, 0.3) is 0 Å². The molecule has 0 heterocycles. The van der Waals surface area contributed by atoms with Crippen LogP contribution in [0.3, 0.4) is 0 Å². The van der Waals surface area contributed by atoms with Gasteiger partial charge in [0.1, 0.15) is 6.04 Å². The topological polar surface area (TPSA) is 96.9 Å². The minimum Gasteiger partial charge on any atom is -0.493 e. The predicted molar refractivity (Wildman–Crippen MR) is 77.9 cm³/mol. The Bertz CT molecular complexity index is 530. The lowest BCUT2D eigenvalue weighted by Crippen LogP contribution is -2.42. The molecule has 1 unspecified atom stereocenters. The molecule has 1 atom stereocenters. The Morgan fingerprint density at radius 2 is 2.00 bits per heavy atom. The number of amides is 2. The van der Waals surface area contributed by atoms with Crippen LogP contribution in [0, 0.1) is 0 Å². The smallest absolute Gasteiger partial charge is 0.326 e. The van der Waals surface area contributed by atoms with Gasteiger partial charge in [-0.2, -0.15) is 0 Å². The van der Waals surface area contributed by atoms with Gasteiger partial charge in [-0.05, 0) is 18.6 Å². The van der Waals surface area contributed by atoms with Crippen LogP contribution in [0.2, 0.25) is 0 Å². The maximum Gasteiger partial charge on any atom is 0.326 e. The molecule has 1 aromatic rings. The molecule has 0 spiro atoms. The summed E-state index contributed by atoms with van der Waals surface area (Å²) in [6, 6.07) is 3.16. The summed E-state index contributed by atoms with van der Waals surface area (Å²) in [5.74, 6) is -0.146. The molecule has 0 bridgehead atoms. The van der Waals surface area contributed by atoms with Gasteiger partial charge in [-0.1, -0.05) is 6.08 Å². The van der Waals surface area contributed by atoms with Crippen molar-refractivity contribution in [2.75, 3.05) is 19.5 Å². The SMILES string of the molecule is C=CCC(NC(=O)Nc1ccc(OC)c(OC)c1)C(=O)O. The molecule has 0 aliphatic carbocycles. The van der Waals surface area contributed by atoms with Crippen LogP contribution in [0.15, 0.2) is 30.9 Å². The third kappa shape index (κ3) is 4.72. The molecule has 0 fully saturated rings. The summed E-state index contributed by atoms with van der Waals surface area (Å²) in [4.78, 5) is 22.7. The van der Waals surface area contributed by atoms with E-state index in [4.69, 9.17) is 14.6 Å². The zero-order chi connectivity index (χ0) is 15.8. The number of aliphatic carboxylic acids is 1. The predicted octanol–water partition coefficient (Wildman–Crippen LogP) is 1.85. The van der Waals surface area contributed by atoms with Crippen molar-refractivity contribution in [3.63, 3.8) is 0 Å². The van der Waals surface area contributed by atoms with E-state index in [0.717, 1.165) is 0 Å². The van der Waals surface area contributed by atoms with E-state index in [0.29, 0.717) is 17.2 Å². The Kier molecular flexibility index (Phi) is 6.06. The van der Waals surface area contributed by atoms with Crippen LogP contribution in [0.1, 0.15) is 6.42 Å². The van der Waals surface area contributed by atoms with E-state index < -0.39 is 18.0 Å². The molecule has 0 aliphatic rings. The number of nitrogens with one attached hydrogen (secondary N) is 2. The number of urea groups is 1. The zero-order valence-electron chi connectivity index (χ0n) is 11.9. The average Bonchev–Trinajstić information content (AvgIpc) is 2.46. The number of carboxylic acids is 1. The van der Waals surface area contributed by atoms with E-state index in [1.807, 2.05) is 0 Å². The lowest BCUT2D eigenvalue weighted by Gasteiger charge is -2.14. The fraction of sp³-hybridized carbons (Fsp3) is 0.286. The zero-order valence-corrected chi connectivity index (χ0v) is 11.9. The second-order valence-corrected chi connectivity index (χ2v) is 4.08.